The third-order valence-electron chi connectivity index (χ3n) is 7.57. The van der Waals surface area contributed by atoms with Gasteiger partial charge in [0, 0.05) is 25.2 Å². The summed E-state index contributed by atoms with van der Waals surface area (Å²) in [6.07, 6.45) is -0.632. The van der Waals surface area contributed by atoms with Crippen LogP contribution < -0.4 is 23.7 Å². The molecule has 3 aromatic carbocycles. The molecule has 1 heterocycles. The number of methoxy groups -OCH3 is 5. The molecule has 0 aromatic heterocycles. The monoisotopic (exact) mass is 551 g/mol. The van der Waals surface area contributed by atoms with Gasteiger partial charge in [-0.25, -0.2) is 0 Å². The molecule has 0 bridgehead atoms. The fourth-order valence-corrected chi connectivity index (χ4v) is 5.33. The Labute approximate surface area is 234 Å². The molecule has 1 fully saturated rings. The second-order valence-electron chi connectivity index (χ2n) is 9.79. The summed E-state index contributed by atoms with van der Waals surface area (Å²) in [6, 6.07) is 17.5. The lowest BCUT2D eigenvalue weighted by atomic mass is 9.72. The second kappa shape index (κ2) is 12.6. The zero-order valence-corrected chi connectivity index (χ0v) is 23.5. The molecular formula is C31H37NO8. The van der Waals surface area contributed by atoms with Crippen molar-refractivity contribution in [3.8, 4) is 28.7 Å². The van der Waals surface area contributed by atoms with Crippen molar-refractivity contribution in [2.75, 3.05) is 55.2 Å². The van der Waals surface area contributed by atoms with Crippen molar-refractivity contribution in [3.05, 3.63) is 77.4 Å². The number of Topliss-reactive ketones (excluding diaryl/α,β-unsaturated/α-hetero) is 1. The van der Waals surface area contributed by atoms with Crippen molar-refractivity contribution >= 4 is 5.78 Å². The Morgan fingerprint density at radius 2 is 1.52 bits per heavy atom. The maximum Gasteiger partial charge on any atom is 0.203 e. The van der Waals surface area contributed by atoms with Crippen molar-refractivity contribution in [3.63, 3.8) is 0 Å². The highest BCUT2D eigenvalue weighted by atomic mass is 16.5. The van der Waals surface area contributed by atoms with Crippen LogP contribution in [0.2, 0.25) is 0 Å². The highest BCUT2D eigenvalue weighted by Crippen LogP contribution is 2.42. The molecule has 0 radical (unpaired) electrons. The number of ether oxygens (including phenoxy) is 5. The number of carbonyl (C=O) groups is 1. The molecule has 40 heavy (non-hydrogen) atoms. The summed E-state index contributed by atoms with van der Waals surface area (Å²) in [5, 5.41) is 23.3. The second-order valence-corrected chi connectivity index (χ2v) is 9.79. The van der Waals surface area contributed by atoms with Crippen LogP contribution in [0.25, 0.3) is 0 Å². The summed E-state index contributed by atoms with van der Waals surface area (Å²) >= 11 is 0. The van der Waals surface area contributed by atoms with E-state index in [9.17, 15) is 15.0 Å². The number of hydrogen-bond donors (Lipinski definition) is 2. The molecule has 2 N–H and O–H groups in total. The van der Waals surface area contributed by atoms with Crippen molar-refractivity contribution in [2.24, 2.45) is 5.92 Å². The molecule has 9 nitrogen and oxygen atoms in total. The van der Waals surface area contributed by atoms with E-state index < -0.39 is 17.6 Å². The molecule has 1 aliphatic heterocycles. The van der Waals surface area contributed by atoms with Gasteiger partial charge in [-0.1, -0.05) is 24.3 Å². The van der Waals surface area contributed by atoms with Gasteiger partial charge in [0.25, 0.3) is 0 Å². The lowest BCUT2D eigenvalue weighted by Crippen LogP contribution is -2.53. The molecule has 3 aromatic rings. The fraction of sp³-hybridized carbons (Fsp3) is 0.387. The van der Waals surface area contributed by atoms with E-state index in [0.717, 1.165) is 0 Å². The summed E-state index contributed by atoms with van der Waals surface area (Å²) in [5.74, 6) is 1.44. The van der Waals surface area contributed by atoms with Gasteiger partial charge in [-0.15, -0.1) is 0 Å². The Morgan fingerprint density at radius 1 is 0.900 bits per heavy atom. The lowest BCUT2D eigenvalue weighted by Gasteiger charge is -2.44. The summed E-state index contributed by atoms with van der Waals surface area (Å²) < 4.78 is 27.0. The Morgan fingerprint density at radius 3 is 2.12 bits per heavy atom. The first-order valence-electron chi connectivity index (χ1n) is 13.0. The van der Waals surface area contributed by atoms with Gasteiger partial charge in [-0.05, 0) is 53.9 Å². The standard InChI is InChI=1S/C31H37NO8/c1-36-23-10-6-8-20(14-23)29(34)25-18-32(13-12-31(25,35)22-9-7-11-24(17-22)37-2)19-26(33)21-15-27(38-3)30(40-5)28(16-21)39-4/h6-11,14-17,25-26,33,35H,12-13,18-19H2,1-5H3. The zero-order valence-electron chi connectivity index (χ0n) is 23.5. The van der Waals surface area contributed by atoms with Gasteiger partial charge in [0.05, 0.1) is 47.6 Å². The Hall–Kier alpha value is -3.79. The van der Waals surface area contributed by atoms with E-state index in [1.54, 1.807) is 68.8 Å². The van der Waals surface area contributed by atoms with Crippen molar-refractivity contribution < 1.29 is 38.7 Å². The molecule has 0 saturated carbocycles. The van der Waals surface area contributed by atoms with Gasteiger partial charge >= 0.3 is 0 Å². The van der Waals surface area contributed by atoms with Gasteiger partial charge in [-0.2, -0.15) is 0 Å². The lowest BCUT2D eigenvalue weighted by molar-refractivity contribution is -0.0704. The minimum atomic E-state index is -1.44. The SMILES string of the molecule is COc1cccc(C(=O)C2CN(CC(O)c3cc(OC)c(OC)c(OC)c3)CCC2(O)c2cccc(OC)c2)c1. The summed E-state index contributed by atoms with van der Waals surface area (Å²) in [4.78, 5) is 16.0. The number of carbonyl (C=O) groups excluding carboxylic acids is 1. The minimum absolute atomic E-state index is 0.212. The molecule has 9 heteroatoms. The third-order valence-corrected chi connectivity index (χ3v) is 7.57. The number of likely N-dealkylation sites (tertiary alicyclic amines) is 1. The van der Waals surface area contributed by atoms with Gasteiger partial charge in [0.15, 0.2) is 17.3 Å². The number of nitrogens with zero attached hydrogens (tertiary/aromatic N) is 1. The average Bonchev–Trinajstić information content (AvgIpc) is 3.00. The first kappa shape index (κ1) is 29.2. The highest BCUT2D eigenvalue weighted by molar-refractivity contribution is 5.99. The maximum absolute atomic E-state index is 14.0. The molecule has 3 atom stereocenters. The minimum Gasteiger partial charge on any atom is -0.497 e. The number of ketones is 1. The van der Waals surface area contributed by atoms with Gasteiger partial charge < -0.3 is 33.9 Å². The fourth-order valence-electron chi connectivity index (χ4n) is 5.33. The number of aliphatic hydroxyl groups is 2. The van der Waals surface area contributed by atoms with Crippen LogP contribution in [0.1, 0.15) is 34.0 Å². The van der Waals surface area contributed by atoms with Crippen LogP contribution in [-0.2, 0) is 5.60 Å². The summed E-state index contributed by atoms with van der Waals surface area (Å²) in [5.41, 5.74) is 0.192. The third kappa shape index (κ3) is 5.86. The number of benzene rings is 3. The number of aliphatic hydroxyl groups excluding tert-OH is 1. The molecule has 1 saturated heterocycles. The van der Waals surface area contributed by atoms with Crippen LogP contribution in [0.4, 0.5) is 0 Å². The van der Waals surface area contributed by atoms with Gasteiger partial charge in [0.1, 0.15) is 17.1 Å². The van der Waals surface area contributed by atoms with E-state index >= 15 is 0 Å². The van der Waals surface area contributed by atoms with E-state index in [1.807, 2.05) is 11.0 Å². The number of β-amino-alcohol motifs (C(OH)–C–C–N with tert-alkyl or cyclic N) is 1. The average molecular weight is 552 g/mol. The highest BCUT2D eigenvalue weighted by Gasteiger charge is 2.47. The van der Waals surface area contributed by atoms with E-state index in [0.29, 0.717) is 52.0 Å². The normalized spacial score (nSPS) is 19.9. The van der Waals surface area contributed by atoms with Crippen molar-refractivity contribution in [1.29, 1.82) is 0 Å². The summed E-state index contributed by atoms with van der Waals surface area (Å²) in [7, 11) is 7.67. The Kier molecular flexibility index (Phi) is 9.19. The molecule has 0 aliphatic carbocycles. The van der Waals surface area contributed by atoms with Crippen molar-refractivity contribution in [2.45, 2.75) is 18.1 Å². The summed E-state index contributed by atoms with van der Waals surface area (Å²) in [6.45, 7) is 0.914. The zero-order chi connectivity index (χ0) is 28.9. The largest absolute Gasteiger partial charge is 0.497 e. The molecule has 1 aliphatic rings. The molecule has 3 unspecified atom stereocenters. The van der Waals surface area contributed by atoms with Crippen molar-refractivity contribution in [1.82, 2.24) is 4.90 Å². The Bertz CT molecular complexity index is 1300. The molecule has 0 spiro atoms. The first-order chi connectivity index (χ1) is 19.3. The molecule has 214 valence electrons. The maximum atomic E-state index is 14.0. The van der Waals surface area contributed by atoms with Crippen LogP contribution in [0.3, 0.4) is 0 Å². The number of rotatable bonds is 11. The number of piperidine rings is 1. The van der Waals surface area contributed by atoms with Crippen LogP contribution in [0.15, 0.2) is 60.7 Å². The van der Waals surface area contributed by atoms with Crippen LogP contribution in [-0.4, -0.2) is 76.1 Å². The van der Waals surface area contributed by atoms with Gasteiger partial charge in [-0.3, -0.25) is 9.69 Å². The molecular weight excluding hydrogens is 514 g/mol. The number of hydrogen-bond acceptors (Lipinski definition) is 9. The Balaban J connectivity index is 1.65. The first-order valence-corrected chi connectivity index (χ1v) is 13.0. The topological polar surface area (TPSA) is 107 Å². The van der Waals surface area contributed by atoms with Crippen LogP contribution >= 0.6 is 0 Å². The predicted molar refractivity (Wildman–Crippen MR) is 150 cm³/mol. The smallest absolute Gasteiger partial charge is 0.203 e. The predicted octanol–water partition coefficient (Wildman–Crippen LogP) is 3.86. The quantitative estimate of drug-likeness (QED) is 0.344. The van der Waals surface area contributed by atoms with E-state index in [4.69, 9.17) is 23.7 Å². The van der Waals surface area contributed by atoms with E-state index in [-0.39, 0.29) is 25.3 Å². The van der Waals surface area contributed by atoms with E-state index in [1.165, 1.54) is 21.3 Å². The van der Waals surface area contributed by atoms with E-state index in [2.05, 4.69) is 0 Å². The molecule has 0 amide bonds. The van der Waals surface area contributed by atoms with Crippen LogP contribution in [0, 0.1) is 5.92 Å². The molecule has 4 rings (SSSR count). The van der Waals surface area contributed by atoms with Crippen LogP contribution in [0.5, 0.6) is 28.7 Å². The van der Waals surface area contributed by atoms with Gasteiger partial charge in [0.2, 0.25) is 5.75 Å².